The van der Waals surface area contributed by atoms with E-state index in [1.807, 2.05) is 0 Å². The van der Waals surface area contributed by atoms with Crippen molar-refractivity contribution in [2.45, 2.75) is 30.5 Å². The summed E-state index contributed by atoms with van der Waals surface area (Å²) in [6.45, 7) is 0. The zero-order valence-electron chi connectivity index (χ0n) is 10.1. The normalized spacial score (nSPS) is 14.6. The number of nitrogens with zero attached hydrogens (tertiary/aromatic N) is 1. The van der Waals surface area contributed by atoms with Crippen molar-refractivity contribution >= 4 is 0 Å². The Hall–Kier alpha value is -1.82. The van der Waals surface area contributed by atoms with Gasteiger partial charge in [0.25, 0.3) is 0 Å². The summed E-state index contributed by atoms with van der Waals surface area (Å²) < 4.78 is 87.5. The van der Waals surface area contributed by atoms with Gasteiger partial charge in [0.15, 0.2) is 0 Å². The smallest absolute Gasteiger partial charge is 0.388 e. The van der Waals surface area contributed by atoms with Crippen LogP contribution in [0.25, 0.3) is 0 Å². The molecular weight excluding hydrogens is 307 g/mol. The highest BCUT2D eigenvalue weighted by Crippen LogP contribution is 2.49. The van der Waals surface area contributed by atoms with Crippen LogP contribution in [-0.4, -0.2) is 23.1 Å². The topological polar surface area (TPSA) is 44.0 Å². The number of halogens is 7. The second-order valence-corrected chi connectivity index (χ2v) is 4.23. The van der Waals surface area contributed by atoms with Gasteiger partial charge >= 0.3 is 18.0 Å². The van der Waals surface area contributed by atoms with E-state index >= 15 is 0 Å². The van der Waals surface area contributed by atoms with Gasteiger partial charge in [-0.3, -0.25) is 0 Å². The van der Waals surface area contributed by atoms with Crippen molar-refractivity contribution in [1.29, 1.82) is 5.26 Å². The first-order valence-corrected chi connectivity index (χ1v) is 5.43. The van der Waals surface area contributed by atoms with E-state index in [1.54, 1.807) is 6.07 Å². The lowest BCUT2D eigenvalue weighted by molar-refractivity contribution is -0.358. The molecule has 1 N–H and O–H groups in total. The first-order valence-electron chi connectivity index (χ1n) is 5.43. The molecule has 0 radical (unpaired) electrons. The molecule has 0 spiro atoms. The van der Waals surface area contributed by atoms with Crippen molar-refractivity contribution < 1.29 is 35.8 Å². The van der Waals surface area contributed by atoms with Gasteiger partial charge in [-0.1, -0.05) is 12.1 Å². The summed E-state index contributed by atoms with van der Waals surface area (Å²) in [5.74, 6) is -11.8. The third kappa shape index (κ3) is 3.44. The highest BCUT2D eigenvalue weighted by molar-refractivity contribution is 5.33. The third-order valence-corrected chi connectivity index (χ3v) is 2.67. The predicted octanol–water partition coefficient (Wildman–Crippen LogP) is 3.81. The Kier molecular flexibility index (Phi) is 4.53. The molecule has 1 aromatic carbocycles. The molecule has 0 saturated carbocycles. The molecule has 1 rings (SSSR count). The molecule has 0 fully saturated rings. The molecular formula is C12H8F7NO. The van der Waals surface area contributed by atoms with Gasteiger partial charge in [-0.2, -0.15) is 36.0 Å². The Balaban J connectivity index is 3.01. The molecule has 0 aliphatic heterocycles. The summed E-state index contributed by atoms with van der Waals surface area (Å²) in [5, 5.41) is 18.0. The van der Waals surface area contributed by atoms with Gasteiger partial charge in [-0.25, -0.2) is 0 Å². The standard InChI is InChI=1S/C12H8F7NO/c13-10(14,11(15,16)12(17,18)19)5-9(21)8-3-1-2-7(4-8)6-20/h1-4,9,21H,5H2. The van der Waals surface area contributed by atoms with Crippen LogP contribution in [0.4, 0.5) is 30.7 Å². The van der Waals surface area contributed by atoms with Crippen molar-refractivity contribution in [3.05, 3.63) is 35.4 Å². The lowest BCUT2D eigenvalue weighted by Gasteiger charge is -2.29. The molecule has 0 amide bonds. The molecule has 0 saturated heterocycles. The van der Waals surface area contributed by atoms with E-state index < -0.39 is 30.5 Å². The van der Waals surface area contributed by atoms with Crippen LogP contribution in [-0.2, 0) is 0 Å². The molecule has 21 heavy (non-hydrogen) atoms. The van der Waals surface area contributed by atoms with Gasteiger partial charge in [-0.05, 0) is 17.7 Å². The summed E-state index contributed by atoms with van der Waals surface area (Å²) in [4.78, 5) is 0. The zero-order chi connectivity index (χ0) is 16.5. The quantitative estimate of drug-likeness (QED) is 0.859. The Bertz CT molecular complexity index is 547. The van der Waals surface area contributed by atoms with Crippen LogP contribution < -0.4 is 0 Å². The van der Waals surface area contributed by atoms with Crippen LogP contribution in [0.5, 0.6) is 0 Å². The number of benzene rings is 1. The Morgan fingerprint density at radius 3 is 2.14 bits per heavy atom. The molecule has 0 heterocycles. The SMILES string of the molecule is N#Cc1cccc(C(O)CC(F)(F)C(F)(F)C(F)(F)F)c1. The van der Waals surface area contributed by atoms with Gasteiger partial charge in [-0.15, -0.1) is 0 Å². The zero-order valence-corrected chi connectivity index (χ0v) is 10.1. The second kappa shape index (κ2) is 5.52. The highest BCUT2D eigenvalue weighted by atomic mass is 19.4. The van der Waals surface area contributed by atoms with Crippen molar-refractivity contribution in [3.63, 3.8) is 0 Å². The van der Waals surface area contributed by atoms with E-state index in [0.717, 1.165) is 12.1 Å². The van der Waals surface area contributed by atoms with Crippen LogP contribution in [0.15, 0.2) is 24.3 Å². The first kappa shape index (κ1) is 17.2. The minimum Gasteiger partial charge on any atom is -0.388 e. The fraction of sp³-hybridized carbons (Fsp3) is 0.417. The molecule has 9 heteroatoms. The lowest BCUT2D eigenvalue weighted by Crippen LogP contribution is -2.52. The summed E-state index contributed by atoms with van der Waals surface area (Å²) in [6, 6.07) is 6.00. The molecule has 0 aliphatic carbocycles. The number of alkyl halides is 7. The number of aliphatic hydroxyl groups excluding tert-OH is 1. The number of nitriles is 1. The highest BCUT2D eigenvalue weighted by Gasteiger charge is 2.72. The van der Waals surface area contributed by atoms with Gasteiger partial charge in [0.05, 0.1) is 17.7 Å². The van der Waals surface area contributed by atoms with Gasteiger partial charge in [0.1, 0.15) is 0 Å². The predicted molar refractivity (Wildman–Crippen MR) is 56.7 cm³/mol. The maximum absolute atomic E-state index is 13.1. The summed E-state index contributed by atoms with van der Waals surface area (Å²) >= 11 is 0. The molecule has 0 aliphatic rings. The van der Waals surface area contributed by atoms with Crippen LogP contribution in [0, 0.1) is 11.3 Å². The van der Waals surface area contributed by atoms with E-state index in [4.69, 9.17) is 5.26 Å². The molecule has 1 atom stereocenters. The maximum atomic E-state index is 13.1. The Labute approximate surface area is 114 Å². The Morgan fingerprint density at radius 2 is 1.67 bits per heavy atom. The first-order chi connectivity index (χ1) is 9.42. The van der Waals surface area contributed by atoms with E-state index in [1.165, 1.54) is 12.1 Å². The van der Waals surface area contributed by atoms with E-state index in [-0.39, 0.29) is 11.1 Å². The van der Waals surface area contributed by atoms with Crippen molar-refractivity contribution in [2.24, 2.45) is 0 Å². The van der Waals surface area contributed by atoms with Gasteiger partial charge in [0.2, 0.25) is 0 Å². The van der Waals surface area contributed by atoms with Crippen LogP contribution in [0.2, 0.25) is 0 Å². The minimum absolute atomic E-state index is 0.0579. The number of hydrogen-bond donors (Lipinski definition) is 1. The fourth-order valence-electron chi connectivity index (χ4n) is 1.51. The van der Waals surface area contributed by atoms with E-state index in [2.05, 4.69) is 0 Å². The Morgan fingerprint density at radius 1 is 1.10 bits per heavy atom. The number of hydrogen-bond acceptors (Lipinski definition) is 2. The number of aliphatic hydroxyl groups is 1. The summed E-state index contributed by atoms with van der Waals surface area (Å²) in [6.07, 6.45) is -10.8. The van der Waals surface area contributed by atoms with Gasteiger partial charge < -0.3 is 5.11 Å². The summed E-state index contributed by atoms with van der Waals surface area (Å²) in [5.41, 5.74) is -0.413. The van der Waals surface area contributed by atoms with Gasteiger partial charge in [0, 0.05) is 6.42 Å². The maximum Gasteiger partial charge on any atom is 0.459 e. The van der Waals surface area contributed by atoms with Crippen LogP contribution in [0.1, 0.15) is 23.7 Å². The van der Waals surface area contributed by atoms with E-state index in [9.17, 15) is 35.8 Å². The fourth-order valence-corrected chi connectivity index (χ4v) is 1.51. The molecule has 0 bridgehead atoms. The van der Waals surface area contributed by atoms with E-state index in [0.29, 0.717) is 0 Å². The monoisotopic (exact) mass is 315 g/mol. The largest absolute Gasteiger partial charge is 0.459 e. The van der Waals surface area contributed by atoms with Crippen LogP contribution >= 0.6 is 0 Å². The lowest BCUT2D eigenvalue weighted by atomic mass is 9.97. The average molecular weight is 315 g/mol. The summed E-state index contributed by atoms with van der Waals surface area (Å²) in [7, 11) is 0. The van der Waals surface area contributed by atoms with Crippen molar-refractivity contribution in [1.82, 2.24) is 0 Å². The van der Waals surface area contributed by atoms with Crippen LogP contribution in [0.3, 0.4) is 0 Å². The van der Waals surface area contributed by atoms with Crippen molar-refractivity contribution in [3.8, 4) is 6.07 Å². The molecule has 1 aromatic rings. The molecule has 0 aromatic heterocycles. The third-order valence-electron chi connectivity index (χ3n) is 2.67. The minimum atomic E-state index is -6.44. The number of rotatable bonds is 4. The molecule has 2 nitrogen and oxygen atoms in total. The molecule has 116 valence electrons. The second-order valence-electron chi connectivity index (χ2n) is 4.23. The average Bonchev–Trinajstić information content (AvgIpc) is 2.36. The molecule has 1 unspecified atom stereocenters. The van der Waals surface area contributed by atoms with Crippen molar-refractivity contribution in [2.75, 3.05) is 0 Å².